The molecular weight excluding hydrogens is 220 g/mol. The molecule has 1 fully saturated rings. The Hall–Kier alpha value is -1.14. The van der Waals surface area contributed by atoms with E-state index in [9.17, 15) is 5.11 Å². The van der Waals surface area contributed by atoms with E-state index in [4.69, 9.17) is 4.42 Å². The molecule has 17 heavy (non-hydrogen) atoms. The molecule has 0 bridgehead atoms. The zero-order valence-corrected chi connectivity index (χ0v) is 10.4. The van der Waals surface area contributed by atoms with Gasteiger partial charge < -0.3 is 19.7 Å². The van der Waals surface area contributed by atoms with Crippen LogP contribution in [-0.2, 0) is 6.54 Å². The molecule has 1 unspecified atom stereocenters. The SMILES string of the molecule is CC(C)NCc1nnc(N2CCCC2CO)o1. The van der Waals surface area contributed by atoms with Crippen molar-refractivity contribution in [2.24, 2.45) is 0 Å². The van der Waals surface area contributed by atoms with E-state index in [-0.39, 0.29) is 12.6 Å². The van der Waals surface area contributed by atoms with Crippen molar-refractivity contribution < 1.29 is 9.52 Å². The number of nitrogens with one attached hydrogen (secondary N) is 1. The summed E-state index contributed by atoms with van der Waals surface area (Å²) in [6.07, 6.45) is 2.05. The Morgan fingerprint density at radius 2 is 2.35 bits per heavy atom. The maximum absolute atomic E-state index is 9.24. The third kappa shape index (κ3) is 2.95. The highest BCUT2D eigenvalue weighted by Gasteiger charge is 2.27. The van der Waals surface area contributed by atoms with Crippen molar-refractivity contribution in [3.05, 3.63) is 5.89 Å². The Balaban J connectivity index is 1.97. The van der Waals surface area contributed by atoms with E-state index >= 15 is 0 Å². The van der Waals surface area contributed by atoms with Gasteiger partial charge in [-0.25, -0.2) is 0 Å². The molecule has 2 rings (SSSR count). The Labute approximate surface area is 101 Å². The first-order chi connectivity index (χ1) is 8.20. The third-order valence-electron chi connectivity index (χ3n) is 2.95. The highest BCUT2D eigenvalue weighted by Crippen LogP contribution is 2.23. The molecule has 1 aliphatic rings. The molecule has 0 radical (unpaired) electrons. The summed E-state index contributed by atoms with van der Waals surface area (Å²) in [6, 6.07) is 1.05. The fourth-order valence-corrected chi connectivity index (χ4v) is 2.00. The van der Waals surface area contributed by atoms with Crippen LogP contribution in [-0.4, -0.2) is 40.5 Å². The number of rotatable bonds is 5. The average molecular weight is 240 g/mol. The fourth-order valence-electron chi connectivity index (χ4n) is 2.00. The largest absolute Gasteiger partial charge is 0.407 e. The van der Waals surface area contributed by atoms with Gasteiger partial charge in [0.2, 0.25) is 5.89 Å². The van der Waals surface area contributed by atoms with Gasteiger partial charge in [-0.05, 0) is 12.8 Å². The number of anilines is 1. The van der Waals surface area contributed by atoms with Crippen molar-refractivity contribution in [2.75, 3.05) is 18.1 Å². The van der Waals surface area contributed by atoms with E-state index < -0.39 is 0 Å². The van der Waals surface area contributed by atoms with Crippen LogP contribution in [0.5, 0.6) is 0 Å². The molecule has 1 atom stereocenters. The molecule has 96 valence electrons. The number of hydrogen-bond acceptors (Lipinski definition) is 6. The lowest BCUT2D eigenvalue weighted by Gasteiger charge is -2.19. The number of aliphatic hydroxyl groups excluding tert-OH is 1. The summed E-state index contributed by atoms with van der Waals surface area (Å²) in [7, 11) is 0. The smallest absolute Gasteiger partial charge is 0.318 e. The second-order valence-electron chi connectivity index (χ2n) is 4.69. The molecule has 6 nitrogen and oxygen atoms in total. The van der Waals surface area contributed by atoms with Crippen LogP contribution >= 0.6 is 0 Å². The first kappa shape index (κ1) is 12.3. The van der Waals surface area contributed by atoms with Crippen LogP contribution in [0.25, 0.3) is 0 Å². The topological polar surface area (TPSA) is 74.4 Å². The van der Waals surface area contributed by atoms with Crippen molar-refractivity contribution >= 4 is 6.01 Å². The van der Waals surface area contributed by atoms with E-state index in [1.165, 1.54) is 0 Å². The summed E-state index contributed by atoms with van der Waals surface area (Å²) < 4.78 is 5.58. The predicted octanol–water partition coefficient (Wildman–Crippen LogP) is 0.529. The van der Waals surface area contributed by atoms with Gasteiger partial charge in [-0.3, -0.25) is 0 Å². The Kier molecular flexibility index (Phi) is 3.96. The quantitative estimate of drug-likeness (QED) is 0.782. The van der Waals surface area contributed by atoms with Gasteiger partial charge in [-0.2, -0.15) is 0 Å². The monoisotopic (exact) mass is 240 g/mol. The Morgan fingerprint density at radius 3 is 3.06 bits per heavy atom. The minimum Gasteiger partial charge on any atom is -0.407 e. The predicted molar refractivity (Wildman–Crippen MR) is 63.7 cm³/mol. The first-order valence-corrected chi connectivity index (χ1v) is 6.14. The molecule has 2 N–H and O–H groups in total. The molecule has 1 aliphatic heterocycles. The third-order valence-corrected chi connectivity index (χ3v) is 2.95. The van der Waals surface area contributed by atoms with Gasteiger partial charge in [-0.1, -0.05) is 18.9 Å². The normalized spacial score (nSPS) is 20.5. The minimum atomic E-state index is 0.126. The number of aliphatic hydroxyl groups is 1. The van der Waals surface area contributed by atoms with Crippen LogP contribution in [0.15, 0.2) is 4.42 Å². The zero-order chi connectivity index (χ0) is 12.3. The molecule has 0 amide bonds. The van der Waals surface area contributed by atoms with Gasteiger partial charge in [0.1, 0.15) is 0 Å². The van der Waals surface area contributed by atoms with Crippen molar-refractivity contribution in [1.29, 1.82) is 0 Å². The first-order valence-electron chi connectivity index (χ1n) is 6.14. The second kappa shape index (κ2) is 5.46. The Morgan fingerprint density at radius 1 is 1.53 bits per heavy atom. The number of aromatic nitrogens is 2. The van der Waals surface area contributed by atoms with Crippen molar-refractivity contribution in [2.45, 2.75) is 45.3 Å². The molecule has 0 aliphatic carbocycles. The number of hydrogen-bond donors (Lipinski definition) is 2. The molecule has 0 saturated carbocycles. The van der Waals surface area contributed by atoms with Crippen molar-refractivity contribution in [3.63, 3.8) is 0 Å². The molecular formula is C11H20N4O2. The lowest BCUT2D eigenvalue weighted by Crippen LogP contribution is -2.32. The maximum Gasteiger partial charge on any atom is 0.318 e. The van der Waals surface area contributed by atoms with E-state index in [1.807, 2.05) is 4.90 Å². The average Bonchev–Trinajstić information content (AvgIpc) is 2.94. The molecule has 1 aromatic heterocycles. The van der Waals surface area contributed by atoms with Crippen LogP contribution in [0.1, 0.15) is 32.6 Å². The van der Waals surface area contributed by atoms with Crippen LogP contribution in [0.3, 0.4) is 0 Å². The molecule has 0 aromatic carbocycles. The van der Waals surface area contributed by atoms with Crippen molar-refractivity contribution in [3.8, 4) is 0 Å². The van der Waals surface area contributed by atoms with Gasteiger partial charge in [0, 0.05) is 12.6 Å². The van der Waals surface area contributed by atoms with E-state index in [1.54, 1.807) is 0 Å². The van der Waals surface area contributed by atoms with E-state index in [0.29, 0.717) is 24.5 Å². The zero-order valence-electron chi connectivity index (χ0n) is 10.4. The highest BCUT2D eigenvalue weighted by molar-refractivity contribution is 5.28. The van der Waals surface area contributed by atoms with Gasteiger partial charge >= 0.3 is 6.01 Å². The maximum atomic E-state index is 9.24. The van der Waals surface area contributed by atoms with Gasteiger partial charge in [0.05, 0.1) is 19.2 Å². The lowest BCUT2D eigenvalue weighted by molar-refractivity contribution is 0.262. The molecule has 2 heterocycles. The molecule has 6 heteroatoms. The number of nitrogens with zero attached hydrogens (tertiary/aromatic N) is 3. The second-order valence-corrected chi connectivity index (χ2v) is 4.69. The molecule has 1 aromatic rings. The van der Waals surface area contributed by atoms with Crippen LogP contribution in [0.4, 0.5) is 6.01 Å². The standard InChI is InChI=1S/C11H20N4O2/c1-8(2)12-6-10-13-14-11(17-10)15-5-3-4-9(15)7-16/h8-9,12,16H,3-7H2,1-2H3. The van der Waals surface area contributed by atoms with Crippen LogP contribution < -0.4 is 10.2 Å². The lowest BCUT2D eigenvalue weighted by atomic mass is 10.2. The van der Waals surface area contributed by atoms with E-state index in [0.717, 1.165) is 19.4 Å². The summed E-state index contributed by atoms with van der Waals surface area (Å²) in [5, 5.41) is 20.5. The van der Waals surface area contributed by atoms with Crippen molar-refractivity contribution in [1.82, 2.24) is 15.5 Å². The fraction of sp³-hybridized carbons (Fsp3) is 0.818. The minimum absolute atomic E-state index is 0.126. The van der Waals surface area contributed by atoms with Crippen LogP contribution in [0.2, 0.25) is 0 Å². The highest BCUT2D eigenvalue weighted by atomic mass is 16.4. The van der Waals surface area contributed by atoms with Gasteiger partial charge in [-0.15, -0.1) is 5.10 Å². The van der Waals surface area contributed by atoms with Gasteiger partial charge in [0.15, 0.2) is 0 Å². The summed E-state index contributed by atoms with van der Waals surface area (Å²) in [5.74, 6) is 0.595. The summed E-state index contributed by atoms with van der Waals surface area (Å²) in [6.45, 7) is 5.74. The van der Waals surface area contributed by atoms with Crippen LogP contribution in [0, 0.1) is 0 Å². The Bertz CT molecular complexity index is 353. The van der Waals surface area contributed by atoms with E-state index in [2.05, 4.69) is 29.4 Å². The summed E-state index contributed by atoms with van der Waals surface area (Å²) in [4.78, 5) is 1.99. The summed E-state index contributed by atoms with van der Waals surface area (Å²) in [5.41, 5.74) is 0. The van der Waals surface area contributed by atoms with Gasteiger partial charge in [0.25, 0.3) is 0 Å². The molecule has 0 spiro atoms. The molecule has 1 saturated heterocycles. The summed E-state index contributed by atoms with van der Waals surface area (Å²) >= 11 is 0.